The molecule has 1 aliphatic carbocycles. The van der Waals surface area contributed by atoms with Gasteiger partial charge >= 0.3 is 0 Å². The highest BCUT2D eigenvalue weighted by Crippen LogP contribution is 2.36. The third kappa shape index (κ3) is 3.62. The van der Waals surface area contributed by atoms with Gasteiger partial charge < -0.3 is 24.6 Å². The number of carbonyl (C=O) groups is 1. The van der Waals surface area contributed by atoms with Gasteiger partial charge in [0, 0.05) is 44.5 Å². The van der Waals surface area contributed by atoms with Crippen LogP contribution in [0.4, 0.5) is 5.95 Å². The first-order chi connectivity index (χ1) is 13.2. The maximum Gasteiger partial charge on any atom is 0.254 e. The number of aliphatic hydroxyl groups is 1. The minimum absolute atomic E-state index is 0.0932. The molecule has 2 aromatic rings. The van der Waals surface area contributed by atoms with E-state index in [2.05, 4.69) is 25.5 Å². The molecule has 0 aromatic carbocycles. The minimum atomic E-state index is -0.166. The molecular formula is C17H23N7O3. The van der Waals surface area contributed by atoms with Gasteiger partial charge in [-0.05, 0) is 12.8 Å². The Balaban J connectivity index is 1.30. The molecular weight excluding hydrogens is 350 g/mol. The highest BCUT2D eigenvalue weighted by atomic mass is 16.5. The third-order valence-corrected chi connectivity index (χ3v) is 5.17. The molecule has 3 heterocycles. The Bertz CT molecular complexity index is 795. The average Bonchev–Trinajstić information content (AvgIpc) is 3.05. The van der Waals surface area contributed by atoms with Crippen molar-refractivity contribution >= 4 is 11.9 Å². The van der Waals surface area contributed by atoms with E-state index in [-0.39, 0.29) is 24.5 Å². The number of rotatable bonds is 5. The van der Waals surface area contributed by atoms with Crippen molar-refractivity contribution in [3.63, 3.8) is 0 Å². The summed E-state index contributed by atoms with van der Waals surface area (Å²) in [5.74, 6) is 2.10. The fraction of sp³-hybridized carbons (Fsp3) is 0.588. The summed E-state index contributed by atoms with van der Waals surface area (Å²) in [6.45, 7) is 2.72. The number of ether oxygens (including phenoxy) is 1. The SMILES string of the molecule is Cn1c(CO)nnc1C1CC(NC(=O)c2cnc(N3CCOCC3)nc2)C1. The molecule has 1 saturated heterocycles. The molecule has 27 heavy (non-hydrogen) atoms. The van der Waals surface area contributed by atoms with Crippen molar-refractivity contribution in [3.05, 3.63) is 29.6 Å². The molecule has 10 nitrogen and oxygen atoms in total. The summed E-state index contributed by atoms with van der Waals surface area (Å²) in [5, 5.41) is 20.3. The first-order valence-electron chi connectivity index (χ1n) is 9.10. The van der Waals surface area contributed by atoms with Crippen molar-refractivity contribution in [1.29, 1.82) is 0 Å². The van der Waals surface area contributed by atoms with E-state index < -0.39 is 0 Å². The smallest absolute Gasteiger partial charge is 0.254 e. The maximum atomic E-state index is 12.4. The van der Waals surface area contributed by atoms with Crippen molar-refractivity contribution in [3.8, 4) is 0 Å². The molecule has 1 aliphatic heterocycles. The van der Waals surface area contributed by atoms with Crippen LogP contribution >= 0.6 is 0 Å². The molecule has 2 aromatic heterocycles. The van der Waals surface area contributed by atoms with E-state index >= 15 is 0 Å². The van der Waals surface area contributed by atoms with Gasteiger partial charge in [0.05, 0.1) is 18.8 Å². The van der Waals surface area contributed by atoms with E-state index in [0.717, 1.165) is 31.8 Å². The normalized spacial score (nSPS) is 22.4. The zero-order valence-electron chi connectivity index (χ0n) is 15.2. The van der Waals surface area contributed by atoms with Crippen LogP contribution in [0.3, 0.4) is 0 Å². The monoisotopic (exact) mass is 373 g/mol. The molecule has 0 radical (unpaired) electrons. The van der Waals surface area contributed by atoms with Crippen molar-refractivity contribution in [2.45, 2.75) is 31.4 Å². The number of aromatic nitrogens is 5. The van der Waals surface area contributed by atoms with E-state index in [4.69, 9.17) is 4.74 Å². The van der Waals surface area contributed by atoms with Crippen LogP contribution in [0.25, 0.3) is 0 Å². The molecule has 4 rings (SSSR count). The summed E-state index contributed by atoms with van der Waals surface area (Å²) >= 11 is 0. The lowest BCUT2D eigenvalue weighted by Gasteiger charge is -2.35. The van der Waals surface area contributed by atoms with E-state index in [1.165, 1.54) is 0 Å². The van der Waals surface area contributed by atoms with Crippen molar-refractivity contribution < 1.29 is 14.6 Å². The molecule has 144 valence electrons. The van der Waals surface area contributed by atoms with Gasteiger partial charge in [0.15, 0.2) is 5.82 Å². The fourth-order valence-electron chi connectivity index (χ4n) is 3.45. The largest absolute Gasteiger partial charge is 0.388 e. The van der Waals surface area contributed by atoms with Crippen LogP contribution in [0.5, 0.6) is 0 Å². The van der Waals surface area contributed by atoms with Gasteiger partial charge in [-0.25, -0.2) is 9.97 Å². The van der Waals surface area contributed by atoms with Crippen LogP contribution in [0.15, 0.2) is 12.4 Å². The second-order valence-corrected chi connectivity index (χ2v) is 6.90. The van der Waals surface area contributed by atoms with Gasteiger partial charge in [-0.3, -0.25) is 4.79 Å². The van der Waals surface area contributed by atoms with Gasteiger partial charge in [0.2, 0.25) is 5.95 Å². The number of aliphatic hydroxyl groups excluding tert-OH is 1. The Labute approximate surface area is 156 Å². The summed E-state index contributed by atoms with van der Waals surface area (Å²) in [7, 11) is 1.85. The van der Waals surface area contributed by atoms with Crippen LogP contribution in [-0.2, 0) is 18.4 Å². The van der Waals surface area contributed by atoms with Crippen molar-refractivity contribution in [1.82, 2.24) is 30.0 Å². The predicted octanol–water partition coefficient (Wildman–Crippen LogP) is -0.390. The summed E-state index contributed by atoms with van der Waals surface area (Å²) in [4.78, 5) is 23.1. The Hall–Kier alpha value is -2.59. The molecule has 10 heteroatoms. The summed E-state index contributed by atoms with van der Waals surface area (Å²) in [6.07, 6.45) is 4.74. The first-order valence-corrected chi connectivity index (χ1v) is 9.10. The number of morpholine rings is 1. The quantitative estimate of drug-likeness (QED) is 0.727. The minimum Gasteiger partial charge on any atom is -0.388 e. The molecule has 2 fully saturated rings. The number of amides is 1. The number of hydrogen-bond donors (Lipinski definition) is 2. The first kappa shape index (κ1) is 17.8. The van der Waals surface area contributed by atoms with E-state index in [1.807, 2.05) is 16.5 Å². The molecule has 2 N–H and O–H groups in total. The third-order valence-electron chi connectivity index (χ3n) is 5.17. The van der Waals surface area contributed by atoms with Gasteiger partial charge in [0.1, 0.15) is 12.4 Å². The second-order valence-electron chi connectivity index (χ2n) is 6.90. The highest BCUT2D eigenvalue weighted by Gasteiger charge is 2.35. The number of anilines is 1. The van der Waals surface area contributed by atoms with E-state index in [9.17, 15) is 9.90 Å². The molecule has 0 bridgehead atoms. The van der Waals surface area contributed by atoms with Crippen LogP contribution < -0.4 is 10.2 Å². The number of nitrogens with one attached hydrogen (secondary N) is 1. The zero-order chi connectivity index (χ0) is 18.8. The lowest BCUT2D eigenvalue weighted by molar-refractivity contribution is 0.0906. The van der Waals surface area contributed by atoms with Crippen molar-refractivity contribution in [2.24, 2.45) is 7.05 Å². The lowest BCUT2D eigenvalue weighted by Crippen LogP contribution is -2.44. The fourth-order valence-corrected chi connectivity index (χ4v) is 3.45. The number of hydrogen-bond acceptors (Lipinski definition) is 8. The molecule has 2 aliphatic rings. The molecule has 0 unspecified atom stereocenters. The summed E-state index contributed by atoms with van der Waals surface area (Å²) < 4.78 is 7.14. The van der Waals surface area contributed by atoms with Crippen LogP contribution in [0.2, 0.25) is 0 Å². The molecule has 0 atom stereocenters. The van der Waals surface area contributed by atoms with E-state index in [0.29, 0.717) is 30.5 Å². The molecule has 0 spiro atoms. The van der Waals surface area contributed by atoms with Crippen molar-refractivity contribution in [2.75, 3.05) is 31.2 Å². The maximum absolute atomic E-state index is 12.4. The van der Waals surface area contributed by atoms with Gasteiger partial charge in [-0.15, -0.1) is 10.2 Å². The second kappa shape index (κ2) is 7.57. The van der Waals surface area contributed by atoms with Crippen LogP contribution in [0.1, 0.15) is 40.8 Å². The Morgan fingerprint density at radius 3 is 2.59 bits per heavy atom. The van der Waals surface area contributed by atoms with Gasteiger partial charge in [0.25, 0.3) is 5.91 Å². The molecule has 1 amide bonds. The van der Waals surface area contributed by atoms with Crippen LogP contribution in [-0.4, -0.2) is 68.1 Å². The van der Waals surface area contributed by atoms with Gasteiger partial charge in [-0.1, -0.05) is 0 Å². The van der Waals surface area contributed by atoms with Crippen LogP contribution in [0, 0.1) is 0 Å². The summed E-state index contributed by atoms with van der Waals surface area (Å²) in [5.41, 5.74) is 0.455. The highest BCUT2D eigenvalue weighted by molar-refractivity contribution is 5.93. The lowest BCUT2D eigenvalue weighted by atomic mass is 9.79. The Kier molecular flexibility index (Phi) is 4.99. The number of nitrogens with zero attached hydrogens (tertiary/aromatic N) is 6. The Morgan fingerprint density at radius 1 is 1.26 bits per heavy atom. The average molecular weight is 373 g/mol. The van der Waals surface area contributed by atoms with Gasteiger partial charge in [-0.2, -0.15) is 0 Å². The predicted molar refractivity (Wildman–Crippen MR) is 95.2 cm³/mol. The molecule has 1 saturated carbocycles. The Morgan fingerprint density at radius 2 is 1.96 bits per heavy atom. The summed E-state index contributed by atoms with van der Waals surface area (Å²) in [6, 6.07) is 0.0932. The standard InChI is InChI=1S/C17H23N7O3/c1-23-14(10-25)21-22-15(23)11-6-13(7-11)20-16(26)12-8-18-17(19-9-12)24-2-4-27-5-3-24/h8-9,11,13,25H,2-7,10H2,1H3,(H,20,26). The topological polar surface area (TPSA) is 118 Å². The van der Waals surface area contributed by atoms with E-state index in [1.54, 1.807) is 12.4 Å². The zero-order valence-corrected chi connectivity index (χ0v) is 15.2. The number of carbonyl (C=O) groups excluding carboxylic acids is 1.